The van der Waals surface area contributed by atoms with Gasteiger partial charge in [-0.05, 0) is 38.5 Å². The fourth-order valence-electron chi connectivity index (χ4n) is 1.51. The van der Waals surface area contributed by atoms with E-state index in [1.807, 2.05) is 13.8 Å². The molecule has 0 heterocycles. The number of hydrogen-bond donors (Lipinski definition) is 0. The third-order valence-corrected chi connectivity index (χ3v) is 2.79. The van der Waals surface area contributed by atoms with Crippen molar-refractivity contribution in [3.05, 3.63) is 6.92 Å². The lowest BCUT2D eigenvalue weighted by molar-refractivity contribution is -0.146. The largest absolute Gasteiger partial charge is 0.465 e. The Hall–Kier alpha value is -1.17. The van der Waals surface area contributed by atoms with Gasteiger partial charge < -0.3 is 9.47 Å². The predicted molar refractivity (Wildman–Crippen MR) is 77.2 cm³/mol. The van der Waals surface area contributed by atoms with E-state index in [1.165, 1.54) is 0 Å². The van der Waals surface area contributed by atoms with E-state index in [4.69, 9.17) is 9.47 Å². The highest BCUT2D eigenvalue weighted by atomic mass is 16.5. The normalized spacial score (nSPS) is 13.1. The van der Waals surface area contributed by atoms with Gasteiger partial charge in [-0.2, -0.15) is 0 Å². The van der Waals surface area contributed by atoms with Crippen molar-refractivity contribution in [2.45, 2.75) is 65.4 Å². The van der Waals surface area contributed by atoms with Crippen molar-refractivity contribution < 1.29 is 14.3 Å². The Labute approximate surface area is 118 Å². The lowest BCUT2D eigenvalue weighted by Gasteiger charge is -2.09. The Morgan fingerprint density at radius 1 is 1.32 bits per heavy atom. The first kappa shape index (κ1) is 17.8. The minimum Gasteiger partial charge on any atom is -0.465 e. The van der Waals surface area contributed by atoms with Gasteiger partial charge in [0.15, 0.2) is 0 Å². The molecule has 3 nitrogen and oxygen atoms in total. The Morgan fingerprint density at radius 2 is 2.05 bits per heavy atom. The molecule has 0 N–H and O–H groups in total. The monoisotopic (exact) mass is 267 g/mol. The molecule has 2 atom stereocenters. The van der Waals surface area contributed by atoms with Crippen LogP contribution in [0.25, 0.3) is 0 Å². The highest BCUT2D eigenvalue weighted by Gasteiger charge is 2.15. The SMILES string of the molecule is [CH2]CCC(C)OC#CC(CC)C(=O)OCCCCC. The van der Waals surface area contributed by atoms with Crippen LogP contribution in [0.15, 0.2) is 0 Å². The highest BCUT2D eigenvalue weighted by molar-refractivity contribution is 5.75. The molecule has 0 aliphatic rings. The Morgan fingerprint density at radius 3 is 2.63 bits per heavy atom. The molecule has 19 heavy (non-hydrogen) atoms. The number of hydrogen-bond acceptors (Lipinski definition) is 3. The van der Waals surface area contributed by atoms with Gasteiger partial charge in [-0.1, -0.05) is 33.6 Å². The van der Waals surface area contributed by atoms with Gasteiger partial charge in [0, 0.05) is 0 Å². The molecule has 1 radical (unpaired) electrons. The molecule has 0 aromatic rings. The number of ether oxygens (including phenoxy) is 2. The second-order valence-electron chi connectivity index (χ2n) is 4.65. The van der Waals surface area contributed by atoms with Gasteiger partial charge in [-0.25, -0.2) is 0 Å². The summed E-state index contributed by atoms with van der Waals surface area (Å²) in [6, 6.07) is 0. The smallest absolute Gasteiger partial charge is 0.321 e. The van der Waals surface area contributed by atoms with Gasteiger partial charge in [0.2, 0.25) is 0 Å². The second-order valence-corrected chi connectivity index (χ2v) is 4.65. The van der Waals surface area contributed by atoms with Gasteiger partial charge in [-0.15, -0.1) is 0 Å². The molecule has 109 valence electrons. The maximum absolute atomic E-state index is 11.7. The zero-order valence-corrected chi connectivity index (χ0v) is 12.5. The number of esters is 1. The van der Waals surface area contributed by atoms with Crippen LogP contribution in [0.4, 0.5) is 0 Å². The zero-order chi connectivity index (χ0) is 14.5. The first-order valence-corrected chi connectivity index (χ1v) is 7.27. The molecule has 0 saturated carbocycles. The zero-order valence-electron chi connectivity index (χ0n) is 12.5. The molecule has 0 aromatic heterocycles. The van der Waals surface area contributed by atoms with E-state index in [-0.39, 0.29) is 18.0 Å². The van der Waals surface area contributed by atoms with Crippen molar-refractivity contribution in [2.24, 2.45) is 5.92 Å². The first-order valence-electron chi connectivity index (χ1n) is 7.27. The van der Waals surface area contributed by atoms with E-state index in [0.29, 0.717) is 13.0 Å². The maximum atomic E-state index is 11.7. The van der Waals surface area contributed by atoms with Gasteiger partial charge >= 0.3 is 5.97 Å². The molecule has 0 spiro atoms. The maximum Gasteiger partial charge on any atom is 0.321 e. The summed E-state index contributed by atoms with van der Waals surface area (Å²) < 4.78 is 10.5. The van der Waals surface area contributed by atoms with E-state index in [2.05, 4.69) is 25.9 Å². The van der Waals surface area contributed by atoms with Crippen LogP contribution in [0, 0.1) is 24.9 Å². The van der Waals surface area contributed by atoms with Crippen LogP contribution < -0.4 is 0 Å². The molecular weight excluding hydrogens is 240 g/mol. The molecule has 0 saturated heterocycles. The summed E-state index contributed by atoms with van der Waals surface area (Å²) in [6.45, 7) is 10.2. The summed E-state index contributed by atoms with van der Waals surface area (Å²) in [5.74, 6) is 2.21. The lowest BCUT2D eigenvalue weighted by Crippen LogP contribution is -2.16. The standard InChI is InChI=1S/C16H27O3/c1-5-8-9-12-19-16(17)15(7-3)11-13-18-14(4)10-6-2/h14-15H,2,5-10,12H2,1,3-4H3. The highest BCUT2D eigenvalue weighted by Crippen LogP contribution is 2.06. The summed E-state index contributed by atoms with van der Waals surface area (Å²) in [4.78, 5) is 11.7. The number of carbonyl (C=O) groups is 1. The van der Waals surface area contributed by atoms with Gasteiger partial charge in [0.1, 0.15) is 18.1 Å². The summed E-state index contributed by atoms with van der Waals surface area (Å²) in [6.07, 6.45) is 8.14. The summed E-state index contributed by atoms with van der Waals surface area (Å²) in [7, 11) is 0. The van der Waals surface area contributed by atoms with Crippen molar-refractivity contribution in [3.63, 3.8) is 0 Å². The van der Waals surface area contributed by atoms with Crippen molar-refractivity contribution >= 4 is 5.97 Å². The predicted octanol–water partition coefficient (Wildman–Crippen LogP) is 3.73. The van der Waals surface area contributed by atoms with E-state index < -0.39 is 0 Å². The molecule has 0 aliphatic heterocycles. The Balaban J connectivity index is 4.04. The molecule has 0 rings (SSSR count). The summed E-state index contributed by atoms with van der Waals surface area (Å²) in [5, 5.41) is 0. The van der Waals surface area contributed by atoms with Crippen LogP contribution in [0.5, 0.6) is 0 Å². The van der Waals surface area contributed by atoms with E-state index in [0.717, 1.165) is 32.1 Å². The van der Waals surface area contributed by atoms with Crippen LogP contribution in [-0.4, -0.2) is 18.7 Å². The van der Waals surface area contributed by atoms with Gasteiger partial charge in [0.05, 0.1) is 6.61 Å². The van der Waals surface area contributed by atoms with Crippen LogP contribution in [0.1, 0.15) is 59.3 Å². The fraction of sp³-hybridized carbons (Fsp3) is 0.750. The van der Waals surface area contributed by atoms with Crippen molar-refractivity contribution in [1.29, 1.82) is 0 Å². The third-order valence-electron chi connectivity index (χ3n) is 2.79. The van der Waals surface area contributed by atoms with E-state index >= 15 is 0 Å². The number of unbranched alkanes of at least 4 members (excludes halogenated alkanes) is 2. The molecule has 0 bridgehead atoms. The van der Waals surface area contributed by atoms with Crippen molar-refractivity contribution in [3.8, 4) is 12.0 Å². The average Bonchev–Trinajstić information content (AvgIpc) is 2.40. The minimum atomic E-state index is -0.381. The average molecular weight is 267 g/mol. The molecule has 0 amide bonds. The number of carbonyl (C=O) groups excluding carboxylic acids is 1. The van der Waals surface area contributed by atoms with Crippen LogP contribution >= 0.6 is 0 Å². The van der Waals surface area contributed by atoms with Gasteiger partial charge in [-0.3, -0.25) is 4.79 Å². The topological polar surface area (TPSA) is 35.5 Å². The Kier molecular flexibility index (Phi) is 11.2. The molecule has 0 fully saturated rings. The molecule has 0 aromatic carbocycles. The molecule has 2 unspecified atom stereocenters. The molecular formula is C16H27O3. The molecule has 3 heteroatoms. The first-order chi connectivity index (χ1) is 9.15. The lowest BCUT2D eigenvalue weighted by atomic mass is 10.1. The van der Waals surface area contributed by atoms with Crippen LogP contribution in [0.3, 0.4) is 0 Å². The van der Waals surface area contributed by atoms with Crippen LogP contribution in [0.2, 0.25) is 0 Å². The second kappa shape index (κ2) is 11.9. The van der Waals surface area contributed by atoms with Crippen molar-refractivity contribution in [2.75, 3.05) is 6.61 Å². The third kappa shape index (κ3) is 9.41. The van der Waals surface area contributed by atoms with E-state index in [9.17, 15) is 4.79 Å². The number of rotatable bonds is 9. The van der Waals surface area contributed by atoms with Crippen LogP contribution in [-0.2, 0) is 14.3 Å². The summed E-state index contributed by atoms with van der Waals surface area (Å²) >= 11 is 0. The van der Waals surface area contributed by atoms with Crippen molar-refractivity contribution in [1.82, 2.24) is 0 Å². The van der Waals surface area contributed by atoms with E-state index in [1.54, 1.807) is 0 Å². The molecule has 0 aliphatic carbocycles. The Bertz CT molecular complexity index is 288. The quantitative estimate of drug-likeness (QED) is 0.363. The van der Waals surface area contributed by atoms with Gasteiger partial charge in [0.25, 0.3) is 0 Å². The summed E-state index contributed by atoms with van der Waals surface area (Å²) in [5.41, 5.74) is 0. The fourth-order valence-corrected chi connectivity index (χ4v) is 1.51. The minimum absolute atomic E-state index is 0.0584.